The number of hydrogen-bond donors (Lipinski definition) is 0. The van der Waals surface area contributed by atoms with Gasteiger partial charge in [0.2, 0.25) is 0 Å². The van der Waals surface area contributed by atoms with E-state index < -0.39 is 0 Å². The Hall–Kier alpha value is -1.11. The summed E-state index contributed by atoms with van der Waals surface area (Å²) in [6.45, 7) is 2.14. The van der Waals surface area contributed by atoms with Crippen molar-refractivity contribution in [3.8, 4) is 0 Å². The molecule has 0 aromatic rings. The van der Waals surface area contributed by atoms with Gasteiger partial charge in [-0.3, -0.25) is 4.99 Å². The molecule has 1 heterocycles. The van der Waals surface area contributed by atoms with E-state index in [1.54, 1.807) is 0 Å². The van der Waals surface area contributed by atoms with Crippen LogP contribution in [0.1, 0.15) is 13.3 Å². The third kappa shape index (κ3) is 1.07. The second kappa shape index (κ2) is 2.50. The smallest absolute Gasteiger partial charge is 0.0929 e. The van der Waals surface area contributed by atoms with Gasteiger partial charge in [-0.05, 0) is 18.1 Å². The fourth-order valence-corrected chi connectivity index (χ4v) is 1.50. The number of dihydropyridines is 1. The highest BCUT2D eigenvalue weighted by Gasteiger charge is 2.14. The van der Waals surface area contributed by atoms with Crippen LogP contribution in [0.5, 0.6) is 0 Å². The summed E-state index contributed by atoms with van der Waals surface area (Å²) in [5, 5.41) is 0. The van der Waals surface area contributed by atoms with Crippen LogP contribution >= 0.6 is 0 Å². The Balaban J connectivity index is 2.38. The number of aliphatic imine (C=N–C) groups is 1. The largest absolute Gasteiger partial charge is 0.285 e. The molecule has 2 aliphatic rings. The van der Waals surface area contributed by atoms with Crippen molar-refractivity contribution < 1.29 is 0 Å². The van der Waals surface area contributed by atoms with Crippen LogP contribution in [0.3, 0.4) is 0 Å². The van der Waals surface area contributed by atoms with E-state index in [2.05, 4.69) is 36.2 Å². The molecule has 1 nitrogen and oxygen atoms in total. The maximum absolute atomic E-state index is 4.38. The van der Waals surface area contributed by atoms with Gasteiger partial charge in [-0.15, -0.1) is 0 Å². The summed E-state index contributed by atoms with van der Waals surface area (Å²) in [7, 11) is 0. The lowest BCUT2D eigenvalue weighted by atomic mass is 9.93. The average Bonchev–Trinajstić information content (AvgIpc) is 2.06. The molecule has 0 saturated carbocycles. The van der Waals surface area contributed by atoms with E-state index in [1.807, 2.05) is 6.21 Å². The maximum atomic E-state index is 4.38. The van der Waals surface area contributed by atoms with Crippen LogP contribution in [0.2, 0.25) is 0 Å². The Labute approximate surface area is 66.8 Å². The van der Waals surface area contributed by atoms with Crippen molar-refractivity contribution in [2.75, 3.05) is 0 Å². The molecule has 0 bridgehead atoms. The van der Waals surface area contributed by atoms with Crippen molar-refractivity contribution in [1.82, 2.24) is 0 Å². The third-order valence-corrected chi connectivity index (χ3v) is 2.12. The van der Waals surface area contributed by atoms with Gasteiger partial charge in [0, 0.05) is 12.6 Å². The van der Waals surface area contributed by atoms with E-state index in [0.29, 0.717) is 6.04 Å². The fraction of sp³-hybridized carbons (Fsp3) is 0.300. The SMILES string of the molecule is CC1=CC=CC2N=CCC=C12. The highest BCUT2D eigenvalue weighted by molar-refractivity contribution is 5.65. The zero-order chi connectivity index (χ0) is 7.68. The van der Waals surface area contributed by atoms with E-state index in [4.69, 9.17) is 0 Å². The highest BCUT2D eigenvalue weighted by Crippen LogP contribution is 2.24. The molecule has 1 atom stereocenters. The fourth-order valence-electron chi connectivity index (χ4n) is 1.50. The molecule has 1 aliphatic heterocycles. The standard InChI is InChI=1S/C10H11N/c1-8-4-2-6-10-9(8)5-3-7-11-10/h2,4-7,10H,3H2,1H3. The second-order valence-corrected chi connectivity index (χ2v) is 2.91. The number of rotatable bonds is 0. The molecule has 0 aromatic heterocycles. The van der Waals surface area contributed by atoms with Gasteiger partial charge in [0.25, 0.3) is 0 Å². The molecule has 0 spiro atoms. The second-order valence-electron chi connectivity index (χ2n) is 2.91. The van der Waals surface area contributed by atoms with Gasteiger partial charge in [0.05, 0.1) is 6.04 Å². The van der Waals surface area contributed by atoms with Crippen molar-refractivity contribution >= 4 is 6.21 Å². The van der Waals surface area contributed by atoms with Gasteiger partial charge in [-0.1, -0.05) is 24.3 Å². The molecule has 0 radical (unpaired) electrons. The lowest BCUT2D eigenvalue weighted by molar-refractivity contribution is 0.924. The summed E-state index contributed by atoms with van der Waals surface area (Å²) >= 11 is 0. The quantitative estimate of drug-likeness (QED) is 0.496. The highest BCUT2D eigenvalue weighted by atomic mass is 14.8. The van der Waals surface area contributed by atoms with Crippen molar-refractivity contribution in [3.63, 3.8) is 0 Å². The van der Waals surface area contributed by atoms with E-state index in [0.717, 1.165) is 6.42 Å². The summed E-state index contributed by atoms with van der Waals surface area (Å²) < 4.78 is 0. The predicted octanol–water partition coefficient (Wildman–Crippen LogP) is 2.27. The predicted molar refractivity (Wildman–Crippen MR) is 47.9 cm³/mol. The third-order valence-electron chi connectivity index (χ3n) is 2.12. The minimum atomic E-state index is 0.314. The average molecular weight is 145 g/mol. The number of fused-ring (bicyclic) bond motifs is 1. The Kier molecular flexibility index (Phi) is 1.50. The van der Waals surface area contributed by atoms with E-state index in [9.17, 15) is 0 Å². The molecule has 0 N–H and O–H groups in total. The van der Waals surface area contributed by atoms with Crippen LogP contribution < -0.4 is 0 Å². The topological polar surface area (TPSA) is 12.4 Å². The van der Waals surface area contributed by atoms with Crippen LogP contribution in [0, 0.1) is 0 Å². The van der Waals surface area contributed by atoms with Gasteiger partial charge in [-0.2, -0.15) is 0 Å². The Morgan fingerprint density at radius 1 is 1.55 bits per heavy atom. The molecule has 11 heavy (non-hydrogen) atoms. The zero-order valence-electron chi connectivity index (χ0n) is 6.62. The first-order chi connectivity index (χ1) is 5.38. The first-order valence-electron chi connectivity index (χ1n) is 3.95. The van der Waals surface area contributed by atoms with Crippen molar-refractivity contribution in [1.29, 1.82) is 0 Å². The van der Waals surface area contributed by atoms with E-state index in [-0.39, 0.29) is 0 Å². The molecule has 0 aromatic carbocycles. The van der Waals surface area contributed by atoms with Crippen LogP contribution in [0.15, 0.2) is 40.4 Å². The summed E-state index contributed by atoms with van der Waals surface area (Å²) in [4.78, 5) is 4.38. The molecule has 1 heteroatoms. The van der Waals surface area contributed by atoms with Gasteiger partial charge < -0.3 is 0 Å². The molecule has 0 saturated heterocycles. The Morgan fingerprint density at radius 2 is 2.45 bits per heavy atom. The molecule has 2 rings (SSSR count). The summed E-state index contributed by atoms with van der Waals surface area (Å²) in [6, 6.07) is 0.314. The Morgan fingerprint density at radius 3 is 3.27 bits per heavy atom. The summed E-state index contributed by atoms with van der Waals surface area (Å²) in [5.74, 6) is 0. The van der Waals surface area contributed by atoms with Crippen molar-refractivity contribution in [2.45, 2.75) is 19.4 Å². The summed E-state index contributed by atoms with van der Waals surface area (Å²) in [6.07, 6.45) is 11.6. The maximum Gasteiger partial charge on any atom is 0.0929 e. The van der Waals surface area contributed by atoms with Crippen LogP contribution in [-0.4, -0.2) is 12.3 Å². The molecule has 0 fully saturated rings. The summed E-state index contributed by atoms with van der Waals surface area (Å²) in [5.41, 5.74) is 2.74. The lowest BCUT2D eigenvalue weighted by Crippen LogP contribution is -2.12. The minimum Gasteiger partial charge on any atom is -0.285 e. The van der Waals surface area contributed by atoms with Crippen molar-refractivity contribution in [3.05, 3.63) is 35.5 Å². The molecular formula is C10H11N. The van der Waals surface area contributed by atoms with Crippen LogP contribution in [0.25, 0.3) is 0 Å². The van der Waals surface area contributed by atoms with Gasteiger partial charge >= 0.3 is 0 Å². The van der Waals surface area contributed by atoms with Crippen LogP contribution in [-0.2, 0) is 0 Å². The monoisotopic (exact) mass is 145 g/mol. The lowest BCUT2D eigenvalue weighted by Gasteiger charge is -2.19. The zero-order valence-corrected chi connectivity index (χ0v) is 6.62. The molecule has 0 amide bonds. The number of hydrogen-bond acceptors (Lipinski definition) is 1. The first kappa shape index (κ1) is 6.59. The molecule has 1 aliphatic carbocycles. The normalized spacial score (nSPS) is 27.5. The number of nitrogens with zero attached hydrogens (tertiary/aromatic N) is 1. The van der Waals surface area contributed by atoms with Crippen molar-refractivity contribution in [2.24, 2.45) is 4.99 Å². The Bertz CT molecular complexity index is 279. The van der Waals surface area contributed by atoms with E-state index >= 15 is 0 Å². The molecule has 56 valence electrons. The molecule has 1 unspecified atom stereocenters. The van der Waals surface area contributed by atoms with Gasteiger partial charge in [0.15, 0.2) is 0 Å². The van der Waals surface area contributed by atoms with E-state index in [1.165, 1.54) is 11.1 Å². The molecular weight excluding hydrogens is 134 g/mol. The minimum absolute atomic E-state index is 0.314. The van der Waals surface area contributed by atoms with Crippen LogP contribution in [0.4, 0.5) is 0 Å². The van der Waals surface area contributed by atoms with Gasteiger partial charge in [0.1, 0.15) is 0 Å². The van der Waals surface area contributed by atoms with Gasteiger partial charge in [-0.25, -0.2) is 0 Å². The number of allylic oxidation sites excluding steroid dienone is 3. The first-order valence-corrected chi connectivity index (χ1v) is 3.95.